The van der Waals surface area contributed by atoms with Crippen LogP contribution in [0.15, 0.2) is 23.8 Å². The molecule has 46 heavy (non-hydrogen) atoms. The summed E-state index contributed by atoms with van der Waals surface area (Å²) in [5.41, 5.74) is 10.1. The molecule has 0 aliphatic carbocycles. The summed E-state index contributed by atoms with van der Waals surface area (Å²) >= 11 is 10.2. The van der Waals surface area contributed by atoms with Gasteiger partial charge in [-0.25, -0.2) is 24.3 Å². The number of ether oxygens (including phenoxy) is 2. The lowest BCUT2D eigenvalue weighted by Gasteiger charge is -2.32. The van der Waals surface area contributed by atoms with Crippen molar-refractivity contribution >= 4 is 83.9 Å². The number of hydrogen-bond donors (Lipinski definition) is 6. The SMILES string of the molecule is Nc1nc2c(ncn2[C@@H]2S[C@H](CO)[C@H](F)[C@H]2OP(O)(=S)OC[C@@]23CO[C@@H]([C@H](n4cnc5c(N)ncnc54)O2)[C@@H]3O[P+](=O)S)c(=O)[nH]1. The van der Waals surface area contributed by atoms with Crippen molar-refractivity contribution in [3.63, 3.8) is 0 Å². The van der Waals surface area contributed by atoms with Gasteiger partial charge in [0.25, 0.3) is 5.56 Å². The maximum atomic E-state index is 15.7. The van der Waals surface area contributed by atoms with Gasteiger partial charge in [-0.15, -0.1) is 16.3 Å². The molecule has 3 saturated heterocycles. The number of rotatable bonds is 10. The highest BCUT2D eigenvalue weighted by molar-refractivity contribution is 8.39. The Kier molecular flexibility index (Phi) is 8.34. The number of thioether (sulfide) groups is 1. The van der Waals surface area contributed by atoms with Gasteiger partial charge in [-0.2, -0.15) is 4.98 Å². The number of thiol groups is 1. The van der Waals surface area contributed by atoms with E-state index < -0.39 is 79.7 Å². The number of alkyl halides is 1. The minimum Gasteiger partial charge on any atom is -0.395 e. The summed E-state index contributed by atoms with van der Waals surface area (Å²) in [6, 6.07) is 0. The molecule has 3 aliphatic rings. The van der Waals surface area contributed by atoms with E-state index in [4.69, 9.17) is 46.3 Å². The van der Waals surface area contributed by atoms with E-state index in [1.54, 1.807) is 0 Å². The smallest absolute Gasteiger partial charge is 0.395 e. The van der Waals surface area contributed by atoms with E-state index >= 15 is 4.39 Å². The predicted molar refractivity (Wildman–Crippen MR) is 166 cm³/mol. The summed E-state index contributed by atoms with van der Waals surface area (Å²) in [6.45, 7) is -5.49. The molecule has 3 aliphatic heterocycles. The van der Waals surface area contributed by atoms with Gasteiger partial charge in [0.05, 0.1) is 37.7 Å². The minimum absolute atomic E-state index is 0.0312. The Balaban J connectivity index is 1.14. The van der Waals surface area contributed by atoms with Gasteiger partial charge in [-0.1, -0.05) is 0 Å². The molecule has 7 heterocycles. The zero-order valence-electron chi connectivity index (χ0n) is 23.0. The Morgan fingerprint density at radius 3 is 2.78 bits per heavy atom. The maximum Gasteiger partial charge on any atom is 0.582 e. The molecule has 3 fully saturated rings. The monoisotopic (exact) mass is 737 g/mol. The molecule has 25 heteroatoms. The second kappa shape index (κ2) is 11.9. The van der Waals surface area contributed by atoms with Gasteiger partial charge in [0.15, 0.2) is 40.6 Å². The van der Waals surface area contributed by atoms with E-state index in [0.29, 0.717) is 11.2 Å². The van der Waals surface area contributed by atoms with Crippen LogP contribution in [0.25, 0.3) is 22.3 Å². The number of fused-ring (bicyclic) bond motifs is 4. The predicted octanol–water partition coefficient (Wildman–Crippen LogP) is 0.326. The fraction of sp³-hybridized carbons (Fsp3) is 0.524. The Bertz CT molecular complexity index is 1950. The van der Waals surface area contributed by atoms with Crippen molar-refractivity contribution in [3.8, 4) is 0 Å². The molecule has 0 spiro atoms. The molecule has 7 rings (SSSR count). The number of nitrogens with two attached hydrogens (primary N) is 2. The molecule has 2 bridgehead atoms. The molecule has 7 N–H and O–H groups in total. The van der Waals surface area contributed by atoms with Gasteiger partial charge in [0.1, 0.15) is 47.8 Å². The summed E-state index contributed by atoms with van der Waals surface area (Å²) in [7, 11) is -2.46. The Morgan fingerprint density at radius 1 is 1.26 bits per heavy atom. The molecule has 0 saturated carbocycles. The van der Waals surface area contributed by atoms with E-state index in [2.05, 4.69) is 42.2 Å². The lowest BCUT2D eigenvalue weighted by Crippen LogP contribution is -2.45. The molecule has 0 radical (unpaired) electrons. The molecule has 0 amide bonds. The number of nitrogens with one attached hydrogen (secondary N) is 1. The number of aliphatic hydroxyl groups excluding tert-OH is 1. The number of aliphatic hydroxyl groups is 1. The fourth-order valence-electron chi connectivity index (χ4n) is 5.71. The van der Waals surface area contributed by atoms with Crippen LogP contribution in [0.2, 0.25) is 0 Å². The van der Waals surface area contributed by atoms with E-state index in [-0.39, 0.29) is 29.5 Å². The number of imidazole rings is 2. The second-order valence-corrected chi connectivity index (χ2v) is 16.3. The molecular formula is C21H24FN10O9P2S3+. The average Bonchev–Trinajstić information content (AvgIpc) is 3.81. The Labute approximate surface area is 271 Å². The zero-order chi connectivity index (χ0) is 32.5. The van der Waals surface area contributed by atoms with E-state index in [0.717, 1.165) is 11.8 Å². The largest absolute Gasteiger partial charge is 0.582 e. The van der Waals surface area contributed by atoms with Crippen LogP contribution in [0.3, 0.4) is 0 Å². The average molecular weight is 738 g/mol. The van der Waals surface area contributed by atoms with Crippen molar-refractivity contribution in [2.75, 3.05) is 31.3 Å². The third-order valence-corrected chi connectivity index (χ3v) is 11.5. The van der Waals surface area contributed by atoms with Crippen LogP contribution >= 0.6 is 38.0 Å². The molecule has 246 valence electrons. The second-order valence-electron chi connectivity index (χ2n) is 10.5. The van der Waals surface area contributed by atoms with Gasteiger partial charge < -0.3 is 35.5 Å². The standard InChI is InChI=1S/C21H23FN10O9P2S3/c22-8-7(1-33)46-19(32-6-28-10-16(32)29-20(24)30-17(10)34)11(8)41-43(36,45)38-3-21-2-37-12(13(21)40-42(35)44)18(39-21)31-5-27-9-14(23)25-4-26-15(9)31/h4-8,11-13,18-19,33H,1-3H2,(H6-,23,24,25,26,29,30,34,35,36,44,45)/p+1/t7-,8+,11-,12-,13+,18-,19-,21-,43?/m1/s1. The molecule has 0 aromatic carbocycles. The summed E-state index contributed by atoms with van der Waals surface area (Å²) < 4.78 is 60.0. The van der Waals surface area contributed by atoms with Crippen LogP contribution in [-0.4, -0.2) is 104 Å². The number of nitrogen functional groups attached to an aromatic ring is 2. The van der Waals surface area contributed by atoms with Crippen LogP contribution in [0.1, 0.15) is 11.6 Å². The molecule has 10 atom stereocenters. The molecule has 4 aromatic heterocycles. The number of H-pyrrole nitrogens is 1. The Morgan fingerprint density at radius 2 is 2.02 bits per heavy atom. The highest BCUT2D eigenvalue weighted by Gasteiger charge is 2.66. The summed E-state index contributed by atoms with van der Waals surface area (Å²) in [5, 5.41) is 7.85. The van der Waals surface area contributed by atoms with Crippen LogP contribution in [0, 0.1) is 0 Å². The molecule has 4 aromatic rings. The molecule has 19 nitrogen and oxygen atoms in total. The van der Waals surface area contributed by atoms with Crippen LogP contribution < -0.4 is 17.0 Å². The van der Waals surface area contributed by atoms with Crippen LogP contribution in [0.4, 0.5) is 16.2 Å². The topological polar surface area (TPSA) is 263 Å². The molecular weight excluding hydrogens is 713 g/mol. The number of hydrogen-bond acceptors (Lipinski definition) is 17. The fourth-order valence-corrected chi connectivity index (χ4v) is 9.44. The lowest BCUT2D eigenvalue weighted by molar-refractivity contribution is -0.183. The van der Waals surface area contributed by atoms with Gasteiger partial charge in [0.2, 0.25) is 5.95 Å². The highest BCUT2D eigenvalue weighted by Crippen LogP contribution is 2.57. The van der Waals surface area contributed by atoms with E-state index in [1.165, 1.54) is 28.1 Å². The number of nitrogens with zero attached hydrogens (tertiary/aromatic N) is 7. The van der Waals surface area contributed by atoms with E-state index in [1.807, 2.05) is 0 Å². The highest BCUT2D eigenvalue weighted by atomic mass is 32.7. The zero-order valence-corrected chi connectivity index (χ0v) is 27.3. The third-order valence-electron chi connectivity index (χ3n) is 7.73. The number of aromatic nitrogens is 8. The minimum atomic E-state index is -4.30. The quantitative estimate of drug-likeness (QED) is 0.0946. The van der Waals surface area contributed by atoms with Crippen molar-refractivity contribution < 1.29 is 42.0 Å². The Hall–Kier alpha value is -2.40. The first-order valence-electron chi connectivity index (χ1n) is 13.2. The first-order chi connectivity index (χ1) is 21.9. The normalized spacial score (nSPS) is 32.4. The summed E-state index contributed by atoms with van der Waals surface area (Å²) in [4.78, 5) is 46.4. The first kappa shape index (κ1) is 32.2. The van der Waals surface area contributed by atoms with Crippen molar-refractivity contribution in [2.24, 2.45) is 0 Å². The summed E-state index contributed by atoms with van der Waals surface area (Å²) in [5.74, 6) is -0.0562. The number of aromatic amines is 1. The van der Waals surface area contributed by atoms with Gasteiger partial charge in [-0.05, 0) is 16.4 Å². The van der Waals surface area contributed by atoms with Crippen LogP contribution in [-0.2, 0) is 39.4 Å². The van der Waals surface area contributed by atoms with Crippen molar-refractivity contribution in [2.45, 2.75) is 46.9 Å². The maximum absolute atomic E-state index is 15.7. The lowest BCUT2D eigenvalue weighted by atomic mass is 10.0. The van der Waals surface area contributed by atoms with Gasteiger partial charge in [-0.3, -0.25) is 23.4 Å². The van der Waals surface area contributed by atoms with E-state index in [9.17, 15) is 19.4 Å². The third kappa shape index (κ3) is 5.41. The van der Waals surface area contributed by atoms with Crippen molar-refractivity contribution in [1.82, 2.24) is 39.0 Å². The van der Waals surface area contributed by atoms with Crippen molar-refractivity contribution in [1.29, 1.82) is 0 Å². The van der Waals surface area contributed by atoms with Gasteiger partial charge in [0, 0.05) is 0 Å². The molecule has 2 unspecified atom stereocenters. The van der Waals surface area contributed by atoms with Crippen molar-refractivity contribution in [3.05, 3.63) is 29.3 Å². The van der Waals surface area contributed by atoms with Gasteiger partial charge >= 0.3 is 13.9 Å². The first-order valence-corrected chi connectivity index (χ1v) is 19.1. The van der Waals surface area contributed by atoms with Crippen LogP contribution in [0.5, 0.6) is 0 Å². The number of anilines is 2. The summed E-state index contributed by atoms with van der Waals surface area (Å²) in [6.07, 6.45) is -2.21. The number of halogens is 1.